The van der Waals surface area contributed by atoms with Crippen LogP contribution in [0.4, 0.5) is 16.3 Å². The first-order valence-corrected chi connectivity index (χ1v) is 14.1. The van der Waals surface area contributed by atoms with E-state index in [2.05, 4.69) is 48.1 Å². The summed E-state index contributed by atoms with van der Waals surface area (Å²) in [5.41, 5.74) is 4.58. The second-order valence-electron chi connectivity index (χ2n) is 11.7. The highest BCUT2D eigenvalue weighted by molar-refractivity contribution is 6.00. The molecule has 1 aliphatic rings. The number of amides is 3. The number of likely N-dealkylation sites (tertiary alicyclic amines) is 1. The number of urea groups is 1. The standard InChI is InChI=1S/C31H42N8O2/c1-21-10-12-24(13-11-21)39-27(19-26(37-39)31(2,3)4)36-30(41)35-25-9-7-6-8-23(25)18-22-14-16-38(17-15-22)28(40)20-34-29(32)33-5/h6-13,19,22H,14-18,20H2,1-5H3,(H3,32,33,34)(H2,35,36,41). The number of hydrogen-bond acceptors (Lipinski definition) is 4. The van der Waals surface area contributed by atoms with Crippen LogP contribution >= 0.6 is 0 Å². The Morgan fingerprint density at radius 1 is 1.02 bits per heavy atom. The molecule has 218 valence electrons. The lowest BCUT2D eigenvalue weighted by Crippen LogP contribution is -2.46. The Hall–Kier alpha value is -4.34. The fourth-order valence-electron chi connectivity index (χ4n) is 4.87. The SMILES string of the molecule is CNC(=N)NCC(=O)N1CCC(Cc2ccccc2NC(=O)Nc2cc(C(C)(C)C)nn2-c2ccc(C)cc2)CC1. The molecule has 0 unspecified atom stereocenters. The third kappa shape index (κ3) is 7.87. The first-order valence-electron chi connectivity index (χ1n) is 14.1. The Morgan fingerprint density at radius 2 is 1.71 bits per heavy atom. The van der Waals surface area contributed by atoms with Crippen molar-refractivity contribution in [1.29, 1.82) is 5.41 Å². The predicted octanol–water partition coefficient (Wildman–Crippen LogP) is 4.65. The molecule has 5 N–H and O–H groups in total. The second-order valence-corrected chi connectivity index (χ2v) is 11.7. The third-order valence-corrected chi connectivity index (χ3v) is 7.41. The zero-order valence-corrected chi connectivity index (χ0v) is 24.7. The lowest BCUT2D eigenvalue weighted by atomic mass is 9.89. The normalized spacial score (nSPS) is 13.9. The van der Waals surface area contributed by atoms with Crippen LogP contribution in [-0.2, 0) is 16.6 Å². The minimum absolute atomic E-state index is 0.00156. The van der Waals surface area contributed by atoms with E-state index < -0.39 is 0 Å². The van der Waals surface area contributed by atoms with E-state index in [1.807, 2.05) is 60.4 Å². The third-order valence-electron chi connectivity index (χ3n) is 7.41. The van der Waals surface area contributed by atoms with E-state index in [9.17, 15) is 9.59 Å². The summed E-state index contributed by atoms with van der Waals surface area (Å²) in [6.45, 7) is 9.83. The molecule has 10 heteroatoms. The van der Waals surface area contributed by atoms with Crippen molar-refractivity contribution in [2.75, 3.05) is 37.3 Å². The maximum absolute atomic E-state index is 13.2. The van der Waals surface area contributed by atoms with Gasteiger partial charge in [0.25, 0.3) is 0 Å². The van der Waals surface area contributed by atoms with E-state index in [1.165, 1.54) is 0 Å². The number of benzene rings is 2. The number of anilines is 2. The minimum atomic E-state index is -0.328. The summed E-state index contributed by atoms with van der Waals surface area (Å²) in [7, 11) is 1.64. The van der Waals surface area contributed by atoms with Gasteiger partial charge in [-0.2, -0.15) is 5.10 Å². The lowest BCUT2D eigenvalue weighted by molar-refractivity contribution is -0.131. The van der Waals surface area contributed by atoms with Crippen molar-refractivity contribution >= 4 is 29.4 Å². The number of nitrogens with zero attached hydrogens (tertiary/aromatic N) is 3. The maximum Gasteiger partial charge on any atom is 0.324 e. The number of hydrogen-bond donors (Lipinski definition) is 5. The van der Waals surface area contributed by atoms with Crippen LogP contribution < -0.4 is 21.3 Å². The molecule has 2 heterocycles. The fourth-order valence-corrected chi connectivity index (χ4v) is 4.87. The molecule has 1 fully saturated rings. The van der Waals surface area contributed by atoms with Gasteiger partial charge in [0.2, 0.25) is 5.91 Å². The van der Waals surface area contributed by atoms with E-state index in [4.69, 9.17) is 10.5 Å². The highest BCUT2D eigenvalue weighted by Gasteiger charge is 2.25. The van der Waals surface area contributed by atoms with Crippen LogP contribution in [0.15, 0.2) is 54.6 Å². The zero-order chi connectivity index (χ0) is 29.6. The Kier molecular flexibility index (Phi) is 9.31. The van der Waals surface area contributed by atoms with Crippen LogP contribution in [0.3, 0.4) is 0 Å². The highest BCUT2D eigenvalue weighted by atomic mass is 16.2. The monoisotopic (exact) mass is 558 g/mol. The van der Waals surface area contributed by atoms with Crippen molar-refractivity contribution in [2.45, 2.75) is 52.4 Å². The van der Waals surface area contributed by atoms with Crippen LogP contribution in [0.25, 0.3) is 5.69 Å². The van der Waals surface area contributed by atoms with E-state index in [0.717, 1.165) is 47.5 Å². The second kappa shape index (κ2) is 12.9. The molecule has 10 nitrogen and oxygen atoms in total. The number of carbonyl (C=O) groups is 2. The molecule has 0 atom stereocenters. The van der Waals surface area contributed by atoms with Gasteiger partial charge in [0.1, 0.15) is 5.82 Å². The number of nitrogens with one attached hydrogen (secondary N) is 5. The number of aryl methyl sites for hydroxylation is 1. The van der Waals surface area contributed by atoms with Gasteiger partial charge in [-0.05, 0) is 55.9 Å². The topological polar surface area (TPSA) is 127 Å². The Bertz CT molecular complexity index is 1370. The van der Waals surface area contributed by atoms with Crippen molar-refractivity contribution in [3.63, 3.8) is 0 Å². The molecular weight excluding hydrogens is 516 g/mol. The molecule has 41 heavy (non-hydrogen) atoms. The van der Waals surface area contributed by atoms with Crippen LogP contribution in [0.5, 0.6) is 0 Å². The average Bonchev–Trinajstić information content (AvgIpc) is 3.37. The largest absolute Gasteiger partial charge is 0.360 e. The Labute approximate surface area is 242 Å². The van der Waals surface area contributed by atoms with Crippen molar-refractivity contribution in [2.24, 2.45) is 5.92 Å². The van der Waals surface area contributed by atoms with Crippen LogP contribution in [0, 0.1) is 18.3 Å². The average molecular weight is 559 g/mol. The lowest BCUT2D eigenvalue weighted by Gasteiger charge is -2.32. The summed E-state index contributed by atoms with van der Waals surface area (Å²) in [4.78, 5) is 27.6. The van der Waals surface area contributed by atoms with Gasteiger partial charge in [0.15, 0.2) is 5.96 Å². The minimum Gasteiger partial charge on any atom is -0.360 e. The summed E-state index contributed by atoms with van der Waals surface area (Å²) < 4.78 is 1.78. The number of para-hydroxylation sites is 1. The number of carbonyl (C=O) groups excluding carboxylic acids is 2. The number of aromatic nitrogens is 2. The molecule has 0 radical (unpaired) electrons. The molecule has 0 saturated carbocycles. The van der Waals surface area contributed by atoms with Gasteiger partial charge in [-0.3, -0.25) is 15.5 Å². The van der Waals surface area contributed by atoms with Gasteiger partial charge in [-0.1, -0.05) is 56.7 Å². The first kappa shape index (κ1) is 29.6. The summed E-state index contributed by atoms with van der Waals surface area (Å²) in [5.74, 6) is 1.15. The molecule has 0 aliphatic carbocycles. The first-order chi connectivity index (χ1) is 19.5. The predicted molar refractivity (Wildman–Crippen MR) is 164 cm³/mol. The Morgan fingerprint density at radius 3 is 2.37 bits per heavy atom. The number of rotatable bonds is 7. The molecule has 2 aromatic carbocycles. The smallest absolute Gasteiger partial charge is 0.324 e. The molecule has 1 aromatic heterocycles. The summed E-state index contributed by atoms with van der Waals surface area (Å²) in [6, 6.07) is 17.5. The van der Waals surface area contributed by atoms with Crippen molar-refractivity contribution in [3.8, 4) is 5.69 Å². The van der Waals surface area contributed by atoms with Crippen LogP contribution in [0.2, 0.25) is 0 Å². The fraction of sp³-hybridized carbons (Fsp3) is 0.419. The van der Waals surface area contributed by atoms with Gasteiger partial charge in [-0.25, -0.2) is 9.48 Å². The van der Waals surface area contributed by atoms with Gasteiger partial charge in [0.05, 0.1) is 17.9 Å². The molecule has 3 aromatic rings. The molecule has 0 bridgehead atoms. The van der Waals surface area contributed by atoms with E-state index in [1.54, 1.807) is 11.7 Å². The molecular formula is C31H42N8O2. The van der Waals surface area contributed by atoms with Crippen molar-refractivity contribution in [1.82, 2.24) is 25.3 Å². The zero-order valence-electron chi connectivity index (χ0n) is 24.7. The quantitative estimate of drug-likeness (QED) is 0.213. The van der Waals surface area contributed by atoms with Gasteiger partial charge < -0.3 is 20.9 Å². The van der Waals surface area contributed by atoms with Gasteiger partial charge >= 0.3 is 6.03 Å². The Balaban J connectivity index is 1.40. The number of piperidine rings is 1. The van der Waals surface area contributed by atoms with Gasteiger partial charge in [-0.15, -0.1) is 0 Å². The van der Waals surface area contributed by atoms with E-state index in [0.29, 0.717) is 24.8 Å². The number of guanidine groups is 1. The molecule has 4 rings (SSSR count). The molecule has 0 spiro atoms. The van der Waals surface area contributed by atoms with E-state index >= 15 is 0 Å². The van der Waals surface area contributed by atoms with Crippen LogP contribution in [-0.4, -0.2) is 59.3 Å². The van der Waals surface area contributed by atoms with E-state index in [-0.39, 0.29) is 29.9 Å². The highest BCUT2D eigenvalue weighted by Crippen LogP contribution is 2.28. The van der Waals surface area contributed by atoms with Crippen molar-refractivity contribution in [3.05, 3.63) is 71.4 Å². The summed E-state index contributed by atoms with van der Waals surface area (Å²) in [6.07, 6.45) is 2.60. The molecule has 3 amide bonds. The molecule has 1 saturated heterocycles. The van der Waals surface area contributed by atoms with Crippen molar-refractivity contribution < 1.29 is 9.59 Å². The van der Waals surface area contributed by atoms with Gasteiger partial charge in [0, 0.05) is 37.3 Å². The maximum atomic E-state index is 13.2. The summed E-state index contributed by atoms with van der Waals surface area (Å²) >= 11 is 0. The summed E-state index contributed by atoms with van der Waals surface area (Å²) in [5, 5.41) is 23.9. The van der Waals surface area contributed by atoms with Crippen LogP contribution in [0.1, 0.15) is 50.4 Å². The molecule has 1 aliphatic heterocycles.